The lowest BCUT2D eigenvalue weighted by Gasteiger charge is -2.24. The molecule has 2 aromatic heterocycles. The second-order valence-electron chi connectivity index (χ2n) is 24.0. The van der Waals surface area contributed by atoms with Crippen LogP contribution in [0, 0.1) is 34.9 Å². The van der Waals surface area contributed by atoms with Crippen molar-refractivity contribution in [3.8, 4) is 45.3 Å². The van der Waals surface area contributed by atoms with Crippen molar-refractivity contribution in [1.29, 1.82) is 0 Å². The molecule has 0 saturated heterocycles. The van der Waals surface area contributed by atoms with Crippen LogP contribution in [-0.4, -0.2) is 98.0 Å². The Bertz CT molecular complexity index is 5120. The van der Waals surface area contributed by atoms with E-state index in [2.05, 4.69) is 14.7 Å². The Kier molecular flexibility index (Phi) is 20.8. The molecule has 14 rings (SSSR count). The van der Waals surface area contributed by atoms with Crippen LogP contribution in [0.4, 0.5) is 30.7 Å². The van der Waals surface area contributed by atoms with E-state index in [1.54, 1.807) is 64.6 Å². The number of alkyl halides is 1. The Morgan fingerprint density at radius 2 is 1.01 bits per heavy atom. The molecule has 2 aliphatic heterocycles. The van der Waals surface area contributed by atoms with Crippen LogP contribution < -0.4 is 28.8 Å². The number of nitrogens with one attached hydrogen (secondary N) is 1. The molecule has 2 saturated carbocycles. The monoisotopic (exact) mass is 1480 g/mol. The number of methoxy groups -OCH3 is 2. The molecule has 101 heavy (non-hydrogen) atoms. The number of sulfonamides is 2. The molecule has 530 valence electrons. The molecule has 2 aliphatic carbocycles. The highest BCUT2D eigenvalue weighted by atomic mass is 35.5. The summed E-state index contributed by atoms with van der Waals surface area (Å²) >= 11 is 11.8. The lowest BCUT2D eigenvalue weighted by Crippen LogP contribution is -2.33. The lowest BCUT2D eigenvalue weighted by atomic mass is 10.00. The quantitative estimate of drug-likeness (QED) is 0.0637. The summed E-state index contributed by atoms with van der Waals surface area (Å²) in [5.41, 5.74) is 2.89. The van der Waals surface area contributed by atoms with Crippen molar-refractivity contribution in [3.63, 3.8) is 0 Å². The van der Waals surface area contributed by atoms with Crippen molar-refractivity contribution in [2.75, 3.05) is 34.6 Å². The van der Waals surface area contributed by atoms with E-state index in [4.69, 9.17) is 58.1 Å². The number of halogens is 9. The summed E-state index contributed by atoms with van der Waals surface area (Å²) in [5, 5.41) is 13.8. The van der Waals surface area contributed by atoms with Crippen LogP contribution in [0.15, 0.2) is 133 Å². The molecule has 2 fully saturated rings. The number of carbonyl (C=O) groups excluding carboxylic acids is 1. The number of aromatic nitrogens is 4. The molecule has 4 aliphatic rings. The van der Waals surface area contributed by atoms with Gasteiger partial charge in [0.05, 0.1) is 71.0 Å². The van der Waals surface area contributed by atoms with Crippen molar-refractivity contribution in [3.05, 3.63) is 223 Å². The van der Waals surface area contributed by atoms with Gasteiger partial charge >= 0.3 is 5.97 Å². The number of imidazole rings is 2. The first-order chi connectivity index (χ1) is 48.5. The summed E-state index contributed by atoms with van der Waals surface area (Å²) in [6.07, 6.45) is 2.10. The first-order valence-electron chi connectivity index (χ1n) is 31.7. The van der Waals surface area contributed by atoms with Crippen LogP contribution in [0.2, 0.25) is 10.0 Å². The minimum Gasteiger partial charge on any atom is -0.478 e. The summed E-state index contributed by atoms with van der Waals surface area (Å²) in [4.78, 5) is 33.5. The first-order valence-corrected chi connectivity index (χ1v) is 34.9. The molecule has 1 amide bonds. The number of ether oxygens (including phenoxy) is 6. The third-order valence-electron chi connectivity index (χ3n) is 17.0. The van der Waals surface area contributed by atoms with Crippen LogP contribution in [0.5, 0.6) is 23.0 Å². The number of fused-ring (bicyclic) bond motifs is 4. The van der Waals surface area contributed by atoms with E-state index in [1.807, 2.05) is 0 Å². The average molecular weight is 1480 g/mol. The number of carboxylic acids is 1. The van der Waals surface area contributed by atoms with Crippen LogP contribution in [0.1, 0.15) is 95.5 Å². The van der Waals surface area contributed by atoms with Gasteiger partial charge in [0.1, 0.15) is 46.6 Å². The van der Waals surface area contributed by atoms with Crippen molar-refractivity contribution in [2.45, 2.75) is 87.5 Å². The first kappa shape index (κ1) is 71.5. The SMILES string of the molecule is COCCn1c(Cc2c(F)cc(-c3cccc4c3OC(C)(c3ccc(Cl)cc3F)O4)cc2F)nc2ccc(C(=O)NS(=O)(=O)C3CC3)cc21.COCCn1c(Cc2c(F)cc(-c3cccc4c3OC(C)(c3ccc(Cl)cc3F)O4)cc2F)nc2ccc(C(=O)O)cc21.NS(=O)(=O)C1CC1.[2H]CF. The van der Waals surface area contributed by atoms with Crippen molar-refractivity contribution < 1.29 is 92.1 Å². The predicted octanol–water partition coefficient (Wildman–Crippen LogP) is 14.3. The maximum Gasteiger partial charge on any atom is 0.335 e. The molecule has 8 aromatic carbocycles. The minimum atomic E-state index is -3.77. The van der Waals surface area contributed by atoms with Gasteiger partial charge in [-0.1, -0.05) is 47.5 Å². The van der Waals surface area contributed by atoms with Crippen LogP contribution in [0.3, 0.4) is 0 Å². The zero-order valence-electron chi connectivity index (χ0n) is 55.1. The lowest BCUT2D eigenvalue weighted by molar-refractivity contribution is -0.0709. The number of aromatic carboxylic acids is 1. The Hall–Kier alpha value is -9.29. The normalized spacial score (nSPS) is 16.8. The molecule has 4 N–H and O–H groups in total. The maximum atomic E-state index is 15.8. The molecular formula is C71H63Cl2F7N6O13S2. The number of nitrogens with two attached hydrogens (primary N) is 1. The number of carboxylic acid groups (broad SMARTS) is 1. The van der Waals surface area contributed by atoms with E-state index in [9.17, 15) is 44.7 Å². The number of nitrogens with zero attached hydrogens (tertiary/aromatic N) is 4. The van der Waals surface area contributed by atoms with Gasteiger partial charge in [-0.25, -0.2) is 67.8 Å². The largest absolute Gasteiger partial charge is 0.478 e. The van der Waals surface area contributed by atoms with Crippen LogP contribution >= 0.6 is 23.2 Å². The number of primary sulfonamides is 1. The molecule has 0 radical (unpaired) electrons. The summed E-state index contributed by atoms with van der Waals surface area (Å²) in [5.74, 6) is -7.93. The van der Waals surface area contributed by atoms with Gasteiger partial charge in [0, 0.05) is 91.9 Å². The van der Waals surface area contributed by atoms with E-state index < -0.39 is 90.8 Å². The van der Waals surface area contributed by atoms with E-state index in [0.29, 0.717) is 64.2 Å². The third kappa shape index (κ3) is 15.6. The highest BCUT2D eigenvalue weighted by Gasteiger charge is 2.44. The molecule has 2 atom stereocenters. The summed E-state index contributed by atoms with van der Waals surface area (Å²) in [7, 11) is -4.88. The minimum absolute atomic E-state index is 0.0656. The summed E-state index contributed by atoms with van der Waals surface area (Å²) in [6, 6.07) is 31.7. The zero-order chi connectivity index (χ0) is 73.3. The fraction of sp³-hybridized carbons (Fsp3) is 0.268. The van der Waals surface area contributed by atoms with Crippen molar-refractivity contribution in [1.82, 2.24) is 23.8 Å². The Morgan fingerprint density at radius 1 is 0.604 bits per heavy atom. The van der Waals surface area contributed by atoms with Gasteiger partial charge in [-0.05, 0) is 146 Å². The van der Waals surface area contributed by atoms with E-state index in [0.717, 1.165) is 25.0 Å². The second kappa shape index (κ2) is 29.4. The molecule has 2 unspecified atom stereocenters. The van der Waals surface area contributed by atoms with E-state index in [1.165, 1.54) is 93.9 Å². The van der Waals surface area contributed by atoms with Gasteiger partial charge in [0.2, 0.25) is 20.0 Å². The number of hydrogen-bond donors (Lipinski definition) is 3. The average Bonchev–Trinajstić information content (AvgIpc) is 1.60. The number of rotatable bonds is 19. The Labute approximate surface area is 586 Å². The molecule has 4 heterocycles. The number of benzene rings is 8. The predicted molar refractivity (Wildman–Crippen MR) is 362 cm³/mol. The van der Waals surface area contributed by atoms with Gasteiger partial charge in [0.25, 0.3) is 17.5 Å². The number of para-hydroxylation sites is 2. The molecule has 30 heteroatoms. The van der Waals surface area contributed by atoms with Gasteiger partial charge < -0.3 is 42.7 Å². The standard InChI is InChI=1S/C35H29ClF3N3O6S.C32H24ClF3N2O5.C3H7NO2S.CH3F/c1-35(25-10-7-21(36)17-28(25)39)47-31-5-3-4-23(33(31)48-35)20-14-26(37)24(27(38)15-20)18-32-40-29-11-6-19(16-30(29)42(32)12-13-46-2)34(43)41-49(44,45)22-8-9-22;1-32(22-8-7-19(33)15-25(22)36)42-28-5-3-4-20(30(28)43-32)18-12-23(34)21(24(35)13-18)16-29-37-26-9-6-17(31(39)40)14-27(26)38(29)10-11-41-2;4-7(5,6)3-1-2-3;1-2/h3-7,10-11,14-17,22H,8-9,12-13,18H2,1-2H3,(H,41,43);3-9,12-15H,10-11,16H2,1-2H3,(H,39,40);3H,1-2H2,(H2,4,5,6);1H3/i;;;1D. The number of hydrogen-bond acceptors (Lipinski definition) is 14. The van der Waals surface area contributed by atoms with Crippen LogP contribution in [-0.2, 0) is 67.0 Å². The number of carbonyl (C=O) groups is 2. The zero-order valence-corrected chi connectivity index (χ0v) is 57.2. The highest BCUT2D eigenvalue weighted by molar-refractivity contribution is 7.91. The molecule has 0 bridgehead atoms. The van der Waals surface area contributed by atoms with Gasteiger partial charge in [-0.15, -0.1) is 0 Å². The van der Waals surface area contributed by atoms with Gasteiger partial charge in [-0.3, -0.25) is 9.18 Å². The fourth-order valence-electron chi connectivity index (χ4n) is 11.6. The molecule has 0 spiro atoms. The van der Waals surface area contributed by atoms with E-state index >= 15 is 17.6 Å². The molecule has 10 aromatic rings. The van der Waals surface area contributed by atoms with Crippen LogP contribution in [0.25, 0.3) is 44.3 Å². The summed E-state index contributed by atoms with van der Waals surface area (Å²) < 4.78 is 193. The van der Waals surface area contributed by atoms with Crippen molar-refractivity contribution >= 4 is 77.2 Å². The smallest absolute Gasteiger partial charge is 0.335 e. The Balaban J connectivity index is 0.000000182. The maximum absolute atomic E-state index is 15.8. The Morgan fingerprint density at radius 3 is 1.38 bits per heavy atom. The second-order valence-corrected chi connectivity index (χ2v) is 28.7. The van der Waals surface area contributed by atoms with Gasteiger partial charge in [-0.2, -0.15) is 0 Å². The fourth-order valence-corrected chi connectivity index (χ4v) is 14.0. The van der Waals surface area contributed by atoms with E-state index in [-0.39, 0.29) is 115 Å². The highest BCUT2D eigenvalue weighted by Crippen LogP contribution is 2.52. The molecule has 19 nitrogen and oxygen atoms in total. The topological polar surface area (TPSA) is 252 Å². The third-order valence-corrected chi connectivity index (χ3v) is 20.7. The summed E-state index contributed by atoms with van der Waals surface area (Å²) in [6.45, 7) is 4.13. The number of amides is 1. The molecular weight excluding hydrogens is 1410 g/mol. The van der Waals surface area contributed by atoms with Gasteiger partial charge in [0.15, 0.2) is 23.0 Å². The van der Waals surface area contributed by atoms with Crippen molar-refractivity contribution in [2.24, 2.45) is 5.14 Å².